The average Bonchev–Trinajstić information content (AvgIpc) is 3.31. The minimum absolute atomic E-state index is 0.294. The van der Waals surface area contributed by atoms with Crippen molar-refractivity contribution >= 4 is 17.4 Å². The molecule has 1 fully saturated rings. The Balaban J connectivity index is 1.42. The van der Waals surface area contributed by atoms with Gasteiger partial charge in [0.2, 0.25) is 5.28 Å². The molecule has 2 aliphatic heterocycles. The van der Waals surface area contributed by atoms with Gasteiger partial charge in [-0.25, -0.2) is 9.97 Å². The second-order valence-electron chi connectivity index (χ2n) is 7.91. The second-order valence-corrected chi connectivity index (χ2v) is 8.24. The molecule has 2 atom stereocenters. The van der Waals surface area contributed by atoms with Crippen molar-refractivity contribution < 1.29 is 0 Å². The van der Waals surface area contributed by atoms with Crippen LogP contribution < -0.4 is 10.2 Å². The number of nitrogens with zero attached hydrogens (tertiary/aromatic N) is 4. The predicted molar refractivity (Wildman–Crippen MR) is 111 cm³/mol. The van der Waals surface area contributed by atoms with E-state index in [2.05, 4.69) is 55.3 Å². The van der Waals surface area contributed by atoms with Gasteiger partial charge >= 0.3 is 0 Å². The van der Waals surface area contributed by atoms with Gasteiger partial charge in [-0.2, -0.15) is 0 Å². The van der Waals surface area contributed by atoms with Crippen LogP contribution in [0, 0.1) is 12.3 Å². The van der Waals surface area contributed by atoms with E-state index in [9.17, 15) is 0 Å². The first kappa shape index (κ1) is 17.9. The van der Waals surface area contributed by atoms with E-state index >= 15 is 0 Å². The summed E-state index contributed by atoms with van der Waals surface area (Å²) in [4.78, 5) is 14.1. The third-order valence-corrected chi connectivity index (χ3v) is 6.39. The van der Waals surface area contributed by atoms with Gasteiger partial charge in [0.15, 0.2) is 0 Å². The standard InChI is InChI=1S/C22H24ClN5/c1-2-5-16-12-27(11-10-24-16)21-18-13-28(14-19(18)25-22(23)26-21)20-9-8-15-6-3-4-7-17(15)20/h1,3-4,6-7,16,20,24H,5,8-14H2/t16-,20?/m0/s1. The fourth-order valence-corrected chi connectivity index (χ4v) is 5.11. The first-order chi connectivity index (χ1) is 13.7. The van der Waals surface area contributed by atoms with Gasteiger partial charge < -0.3 is 10.2 Å². The lowest BCUT2D eigenvalue weighted by Crippen LogP contribution is -2.51. The molecule has 144 valence electrons. The normalized spacial score (nSPS) is 24.1. The van der Waals surface area contributed by atoms with E-state index in [4.69, 9.17) is 18.0 Å². The molecule has 3 aliphatic rings. The summed E-state index contributed by atoms with van der Waals surface area (Å²) in [6, 6.07) is 9.56. The lowest BCUT2D eigenvalue weighted by molar-refractivity contribution is 0.199. The smallest absolute Gasteiger partial charge is 0.224 e. The summed E-state index contributed by atoms with van der Waals surface area (Å²) >= 11 is 6.32. The van der Waals surface area contributed by atoms with E-state index in [1.165, 1.54) is 23.1 Å². The summed E-state index contributed by atoms with van der Waals surface area (Å²) in [5, 5.41) is 3.84. The summed E-state index contributed by atoms with van der Waals surface area (Å²) in [5.74, 6) is 3.76. The van der Waals surface area contributed by atoms with Gasteiger partial charge in [0, 0.05) is 56.8 Å². The highest BCUT2D eigenvalue weighted by atomic mass is 35.5. The van der Waals surface area contributed by atoms with Gasteiger partial charge in [0.1, 0.15) is 5.82 Å². The van der Waals surface area contributed by atoms with Crippen LogP contribution in [0.15, 0.2) is 24.3 Å². The molecule has 0 saturated carbocycles. The van der Waals surface area contributed by atoms with Crippen molar-refractivity contribution in [2.24, 2.45) is 0 Å². The van der Waals surface area contributed by atoms with Crippen LogP contribution in [0.1, 0.15) is 41.3 Å². The maximum atomic E-state index is 6.32. The van der Waals surface area contributed by atoms with Crippen LogP contribution in [0.4, 0.5) is 5.82 Å². The van der Waals surface area contributed by atoms with Gasteiger partial charge in [-0.15, -0.1) is 12.3 Å². The summed E-state index contributed by atoms with van der Waals surface area (Å²) in [6.45, 7) is 4.39. The number of piperazine rings is 1. The lowest BCUT2D eigenvalue weighted by atomic mass is 10.1. The van der Waals surface area contributed by atoms with Crippen molar-refractivity contribution in [1.29, 1.82) is 0 Å². The molecular formula is C22H24ClN5. The summed E-state index contributed by atoms with van der Waals surface area (Å²) in [6.07, 6.45) is 8.57. The van der Waals surface area contributed by atoms with Crippen LogP contribution >= 0.6 is 11.6 Å². The molecule has 5 rings (SSSR count). The van der Waals surface area contributed by atoms with E-state index in [1.807, 2.05) is 0 Å². The van der Waals surface area contributed by atoms with Crippen LogP contribution in [0.25, 0.3) is 0 Å². The summed E-state index contributed by atoms with van der Waals surface area (Å²) < 4.78 is 0. The van der Waals surface area contributed by atoms with Crippen molar-refractivity contribution in [2.45, 2.75) is 44.4 Å². The lowest BCUT2D eigenvalue weighted by Gasteiger charge is -2.34. The number of anilines is 1. The molecule has 1 aromatic heterocycles. The van der Waals surface area contributed by atoms with Crippen molar-refractivity contribution in [2.75, 3.05) is 24.5 Å². The van der Waals surface area contributed by atoms with Crippen LogP contribution in [-0.2, 0) is 19.5 Å². The third-order valence-electron chi connectivity index (χ3n) is 6.22. The number of hydrogen-bond acceptors (Lipinski definition) is 5. The second kappa shape index (κ2) is 7.36. The zero-order valence-electron chi connectivity index (χ0n) is 15.9. The third kappa shape index (κ3) is 3.16. The van der Waals surface area contributed by atoms with Crippen molar-refractivity contribution in [3.05, 3.63) is 51.9 Å². The number of aromatic nitrogens is 2. The Labute approximate surface area is 171 Å². The molecular weight excluding hydrogens is 370 g/mol. The van der Waals surface area contributed by atoms with Crippen molar-refractivity contribution in [3.8, 4) is 12.3 Å². The van der Waals surface area contributed by atoms with E-state index in [-0.39, 0.29) is 0 Å². The maximum Gasteiger partial charge on any atom is 0.224 e. The molecule has 0 bridgehead atoms. The quantitative estimate of drug-likeness (QED) is 0.641. The van der Waals surface area contributed by atoms with Crippen LogP contribution in [0.5, 0.6) is 0 Å². The zero-order valence-corrected chi connectivity index (χ0v) is 16.6. The fraction of sp³-hybridized carbons (Fsp3) is 0.455. The van der Waals surface area contributed by atoms with E-state index in [0.29, 0.717) is 17.4 Å². The molecule has 0 radical (unpaired) electrons. The predicted octanol–water partition coefficient (Wildman–Crippen LogP) is 2.93. The topological polar surface area (TPSA) is 44.3 Å². The molecule has 3 heterocycles. The van der Waals surface area contributed by atoms with Gasteiger partial charge in [0.25, 0.3) is 0 Å². The Bertz CT molecular complexity index is 937. The van der Waals surface area contributed by atoms with Crippen molar-refractivity contribution in [3.63, 3.8) is 0 Å². The average molecular weight is 394 g/mol. The minimum atomic E-state index is 0.294. The molecule has 1 saturated heterocycles. The first-order valence-corrected chi connectivity index (χ1v) is 10.4. The number of hydrogen-bond donors (Lipinski definition) is 1. The molecule has 1 aromatic carbocycles. The molecule has 6 heteroatoms. The number of terminal acetylenes is 1. The zero-order chi connectivity index (χ0) is 19.1. The Morgan fingerprint density at radius 1 is 1.25 bits per heavy atom. The van der Waals surface area contributed by atoms with Gasteiger partial charge in [0.05, 0.1) is 5.69 Å². The monoisotopic (exact) mass is 393 g/mol. The van der Waals surface area contributed by atoms with Crippen LogP contribution in [0.2, 0.25) is 5.28 Å². The fourth-order valence-electron chi connectivity index (χ4n) is 4.92. The Kier molecular flexibility index (Phi) is 4.72. The number of fused-ring (bicyclic) bond motifs is 2. The molecule has 5 nitrogen and oxygen atoms in total. The number of nitrogens with one attached hydrogen (secondary N) is 1. The number of aryl methyl sites for hydroxylation is 1. The molecule has 0 amide bonds. The summed E-state index contributed by atoms with van der Waals surface area (Å²) in [7, 11) is 0. The molecule has 28 heavy (non-hydrogen) atoms. The number of benzene rings is 1. The van der Waals surface area contributed by atoms with Gasteiger partial charge in [-0.05, 0) is 35.6 Å². The molecule has 1 aliphatic carbocycles. The molecule has 0 spiro atoms. The maximum absolute atomic E-state index is 6.32. The van der Waals surface area contributed by atoms with Gasteiger partial charge in [-0.1, -0.05) is 24.3 Å². The Morgan fingerprint density at radius 2 is 2.14 bits per heavy atom. The SMILES string of the molecule is C#CC[C@H]1CN(c2nc(Cl)nc3c2CN(C2CCc4ccccc42)C3)CCN1. The Hall–Kier alpha value is -2.13. The van der Waals surface area contributed by atoms with Crippen molar-refractivity contribution in [1.82, 2.24) is 20.2 Å². The first-order valence-electron chi connectivity index (χ1n) is 10.0. The minimum Gasteiger partial charge on any atom is -0.353 e. The van der Waals surface area contributed by atoms with E-state index < -0.39 is 0 Å². The van der Waals surface area contributed by atoms with E-state index in [1.54, 1.807) is 0 Å². The highest BCUT2D eigenvalue weighted by Gasteiger charge is 2.35. The van der Waals surface area contributed by atoms with E-state index in [0.717, 1.165) is 57.1 Å². The highest BCUT2D eigenvalue weighted by molar-refractivity contribution is 6.28. The largest absolute Gasteiger partial charge is 0.353 e. The van der Waals surface area contributed by atoms with Gasteiger partial charge in [-0.3, -0.25) is 4.90 Å². The number of halogens is 1. The highest BCUT2D eigenvalue weighted by Crippen LogP contribution is 2.41. The molecule has 1 unspecified atom stereocenters. The molecule has 2 aromatic rings. The number of rotatable bonds is 3. The molecule has 1 N–H and O–H groups in total. The summed E-state index contributed by atoms with van der Waals surface area (Å²) in [5.41, 5.74) is 5.25. The van der Waals surface area contributed by atoms with Crippen LogP contribution in [-0.4, -0.2) is 40.5 Å². The van der Waals surface area contributed by atoms with Crippen LogP contribution in [0.3, 0.4) is 0 Å². The Morgan fingerprint density at radius 3 is 3.04 bits per heavy atom.